The number of hydrogen-bond acceptors (Lipinski definition) is 2. The van der Waals surface area contributed by atoms with Crippen LogP contribution in [0.5, 0.6) is 0 Å². The number of carbonyl (C=O) groups is 1. The maximum atomic E-state index is 12.3. The monoisotopic (exact) mass is 239 g/mol. The Labute approximate surface area is 105 Å². The summed E-state index contributed by atoms with van der Waals surface area (Å²) in [6, 6.07) is 0.275. The zero-order chi connectivity index (χ0) is 12.3. The maximum Gasteiger partial charge on any atom is 0.320 e. The van der Waals surface area contributed by atoms with Gasteiger partial charge in [-0.3, -0.25) is 0 Å². The van der Waals surface area contributed by atoms with Crippen molar-refractivity contribution in [2.75, 3.05) is 45.8 Å². The largest absolute Gasteiger partial charge is 0.324 e. The third-order valence-electron chi connectivity index (χ3n) is 4.22. The van der Waals surface area contributed by atoms with Gasteiger partial charge in [-0.1, -0.05) is 20.3 Å². The summed E-state index contributed by atoms with van der Waals surface area (Å²) in [7, 11) is 0. The van der Waals surface area contributed by atoms with Crippen LogP contribution in [0, 0.1) is 5.92 Å². The summed E-state index contributed by atoms with van der Waals surface area (Å²) in [6.07, 6.45) is 2.39. The van der Waals surface area contributed by atoms with Crippen molar-refractivity contribution in [3.8, 4) is 0 Å². The Hall–Kier alpha value is -0.770. The minimum atomic E-state index is 0.275. The molecule has 0 aromatic carbocycles. The molecule has 2 aliphatic rings. The number of amides is 2. The van der Waals surface area contributed by atoms with Crippen LogP contribution in [0.4, 0.5) is 4.79 Å². The van der Waals surface area contributed by atoms with Crippen molar-refractivity contribution < 1.29 is 4.79 Å². The number of urea groups is 1. The maximum absolute atomic E-state index is 12.3. The highest BCUT2D eigenvalue weighted by Gasteiger charge is 2.29. The average Bonchev–Trinajstić information content (AvgIpc) is 2.87. The van der Waals surface area contributed by atoms with E-state index in [0.717, 1.165) is 51.7 Å². The molecular weight excluding hydrogens is 214 g/mol. The van der Waals surface area contributed by atoms with Crippen LogP contribution in [0.3, 0.4) is 0 Å². The molecule has 4 heteroatoms. The molecular formula is C13H25N3O. The van der Waals surface area contributed by atoms with Gasteiger partial charge in [-0.05, 0) is 18.9 Å². The summed E-state index contributed by atoms with van der Waals surface area (Å²) < 4.78 is 0. The van der Waals surface area contributed by atoms with Gasteiger partial charge in [0.15, 0.2) is 0 Å². The molecule has 0 spiro atoms. The predicted molar refractivity (Wildman–Crippen MR) is 69.1 cm³/mol. The van der Waals surface area contributed by atoms with Crippen molar-refractivity contribution in [3.05, 3.63) is 0 Å². The SMILES string of the molecule is CCC1CCN(C(=O)N2CCN(CC)CC2)C1. The molecule has 0 saturated carbocycles. The molecule has 2 rings (SSSR count). The summed E-state index contributed by atoms with van der Waals surface area (Å²) in [5.41, 5.74) is 0. The van der Waals surface area contributed by atoms with Gasteiger partial charge in [-0.25, -0.2) is 4.79 Å². The van der Waals surface area contributed by atoms with Crippen molar-refractivity contribution in [2.24, 2.45) is 5.92 Å². The van der Waals surface area contributed by atoms with E-state index in [1.54, 1.807) is 0 Å². The van der Waals surface area contributed by atoms with Crippen molar-refractivity contribution in [1.29, 1.82) is 0 Å². The highest BCUT2D eigenvalue weighted by Crippen LogP contribution is 2.20. The summed E-state index contributed by atoms with van der Waals surface area (Å²) in [5.74, 6) is 0.732. The number of hydrogen-bond donors (Lipinski definition) is 0. The highest BCUT2D eigenvalue weighted by molar-refractivity contribution is 5.74. The Balaban J connectivity index is 1.81. The minimum Gasteiger partial charge on any atom is -0.324 e. The van der Waals surface area contributed by atoms with E-state index in [1.807, 2.05) is 4.90 Å². The lowest BCUT2D eigenvalue weighted by Crippen LogP contribution is -2.52. The molecule has 2 fully saturated rings. The van der Waals surface area contributed by atoms with E-state index < -0.39 is 0 Å². The van der Waals surface area contributed by atoms with E-state index in [9.17, 15) is 4.79 Å². The van der Waals surface area contributed by atoms with Gasteiger partial charge < -0.3 is 14.7 Å². The lowest BCUT2D eigenvalue weighted by Gasteiger charge is -2.36. The fourth-order valence-electron chi connectivity index (χ4n) is 2.80. The molecule has 2 heterocycles. The second-order valence-corrected chi connectivity index (χ2v) is 5.21. The first-order chi connectivity index (χ1) is 8.24. The Morgan fingerprint density at radius 3 is 2.29 bits per heavy atom. The lowest BCUT2D eigenvalue weighted by molar-refractivity contribution is 0.120. The highest BCUT2D eigenvalue weighted by atomic mass is 16.2. The standard InChI is InChI=1S/C13H25N3O/c1-3-12-5-6-16(11-12)13(17)15-9-7-14(4-2)8-10-15/h12H,3-11H2,1-2H3. The van der Waals surface area contributed by atoms with E-state index in [2.05, 4.69) is 23.6 Å². The molecule has 1 atom stereocenters. The summed E-state index contributed by atoms with van der Waals surface area (Å²) in [6.45, 7) is 11.3. The van der Waals surface area contributed by atoms with Gasteiger partial charge in [-0.2, -0.15) is 0 Å². The predicted octanol–water partition coefficient (Wildman–Crippen LogP) is 1.48. The first-order valence-electron chi connectivity index (χ1n) is 7.00. The molecule has 2 amide bonds. The smallest absolute Gasteiger partial charge is 0.320 e. The molecule has 17 heavy (non-hydrogen) atoms. The van der Waals surface area contributed by atoms with Crippen LogP contribution in [0.2, 0.25) is 0 Å². The molecule has 2 saturated heterocycles. The van der Waals surface area contributed by atoms with Gasteiger partial charge in [-0.15, -0.1) is 0 Å². The fourth-order valence-corrected chi connectivity index (χ4v) is 2.80. The van der Waals surface area contributed by atoms with Crippen LogP contribution in [0.15, 0.2) is 0 Å². The molecule has 0 aromatic heterocycles. The summed E-state index contributed by atoms with van der Waals surface area (Å²) in [4.78, 5) is 18.8. The van der Waals surface area contributed by atoms with Crippen LogP contribution in [0.25, 0.3) is 0 Å². The molecule has 0 aliphatic carbocycles. The van der Waals surface area contributed by atoms with Gasteiger partial charge in [0.1, 0.15) is 0 Å². The molecule has 0 radical (unpaired) electrons. The number of likely N-dealkylation sites (N-methyl/N-ethyl adjacent to an activating group) is 1. The number of carbonyl (C=O) groups excluding carboxylic acids is 1. The average molecular weight is 239 g/mol. The number of nitrogens with zero attached hydrogens (tertiary/aromatic N) is 3. The third kappa shape index (κ3) is 2.92. The Morgan fingerprint density at radius 1 is 1.06 bits per heavy atom. The van der Waals surface area contributed by atoms with Gasteiger partial charge >= 0.3 is 6.03 Å². The van der Waals surface area contributed by atoms with Crippen molar-refractivity contribution in [3.63, 3.8) is 0 Å². The number of likely N-dealkylation sites (tertiary alicyclic amines) is 1. The Kier molecular flexibility index (Phi) is 4.26. The zero-order valence-corrected chi connectivity index (χ0v) is 11.2. The molecule has 0 aromatic rings. The Bertz CT molecular complexity index is 261. The van der Waals surface area contributed by atoms with Crippen molar-refractivity contribution in [1.82, 2.24) is 14.7 Å². The van der Waals surface area contributed by atoms with Gasteiger partial charge in [0.25, 0.3) is 0 Å². The van der Waals surface area contributed by atoms with Crippen molar-refractivity contribution in [2.45, 2.75) is 26.7 Å². The van der Waals surface area contributed by atoms with E-state index >= 15 is 0 Å². The summed E-state index contributed by atoms with van der Waals surface area (Å²) in [5, 5.41) is 0. The second-order valence-electron chi connectivity index (χ2n) is 5.21. The van der Waals surface area contributed by atoms with Crippen LogP contribution in [0.1, 0.15) is 26.7 Å². The number of piperazine rings is 1. The molecule has 98 valence electrons. The fraction of sp³-hybridized carbons (Fsp3) is 0.923. The quantitative estimate of drug-likeness (QED) is 0.729. The first kappa shape index (κ1) is 12.7. The third-order valence-corrected chi connectivity index (χ3v) is 4.22. The van der Waals surface area contributed by atoms with E-state index in [1.165, 1.54) is 12.8 Å². The zero-order valence-electron chi connectivity index (χ0n) is 11.2. The second kappa shape index (κ2) is 5.71. The van der Waals surface area contributed by atoms with E-state index in [-0.39, 0.29) is 6.03 Å². The molecule has 1 unspecified atom stereocenters. The van der Waals surface area contributed by atoms with Gasteiger partial charge in [0.2, 0.25) is 0 Å². The molecule has 4 nitrogen and oxygen atoms in total. The van der Waals surface area contributed by atoms with Crippen LogP contribution < -0.4 is 0 Å². The molecule has 0 N–H and O–H groups in total. The van der Waals surface area contributed by atoms with Gasteiger partial charge in [0, 0.05) is 39.3 Å². The lowest BCUT2D eigenvalue weighted by atomic mass is 10.1. The molecule has 0 bridgehead atoms. The number of rotatable bonds is 2. The van der Waals surface area contributed by atoms with Crippen LogP contribution in [-0.2, 0) is 0 Å². The topological polar surface area (TPSA) is 26.8 Å². The van der Waals surface area contributed by atoms with E-state index in [4.69, 9.17) is 0 Å². The first-order valence-corrected chi connectivity index (χ1v) is 7.00. The normalized spacial score (nSPS) is 26.6. The summed E-state index contributed by atoms with van der Waals surface area (Å²) >= 11 is 0. The van der Waals surface area contributed by atoms with Gasteiger partial charge in [0.05, 0.1) is 0 Å². The van der Waals surface area contributed by atoms with Crippen molar-refractivity contribution >= 4 is 6.03 Å². The Morgan fingerprint density at radius 2 is 1.76 bits per heavy atom. The van der Waals surface area contributed by atoms with Crippen LogP contribution in [-0.4, -0.2) is 66.5 Å². The molecule has 2 aliphatic heterocycles. The minimum absolute atomic E-state index is 0.275. The van der Waals surface area contributed by atoms with E-state index in [0.29, 0.717) is 0 Å². The van der Waals surface area contributed by atoms with Crippen LogP contribution >= 0.6 is 0 Å².